The van der Waals surface area contributed by atoms with Gasteiger partial charge in [-0.15, -0.1) is 0 Å². The molecule has 0 aromatic heterocycles. The standard InChI is InChI=1S/C10H5ClF3NO2/c1-17-5-2-6(9(11)16)7(4-15)8(3-5)10(12,13)14/h2-3H,1H3. The number of alkyl halides is 3. The van der Waals surface area contributed by atoms with Crippen molar-refractivity contribution >= 4 is 16.8 Å². The summed E-state index contributed by atoms with van der Waals surface area (Å²) in [7, 11) is 1.14. The highest BCUT2D eigenvalue weighted by Crippen LogP contribution is 2.36. The van der Waals surface area contributed by atoms with Crippen molar-refractivity contribution in [3.05, 3.63) is 28.8 Å². The minimum atomic E-state index is -4.76. The van der Waals surface area contributed by atoms with E-state index in [1.807, 2.05) is 0 Å². The Kier molecular flexibility index (Phi) is 3.63. The van der Waals surface area contributed by atoms with E-state index in [2.05, 4.69) is 4.74 Å². The van der Waals surface area contributed by atoms with Crippen molar-refractivity contribution in [3.63, 3.8) is 0 Å². The number of carbonyl (C=O) groups is 1. The first kappa shape index (κ1) is 13.3. The lowest BCUT2D eigenvalue weighted by Crippen LogP contribution is -2.11. The predicted molar refractivity (Wildman–Crippen MR) is 52.9 cm³/mol. The summed E-state index contributed by atoms with van der Waals surface area (Å²) in [4.78, 5) is 11.0. The number of ether oxygens (including phenoxy) is 1. The Morgan fingerprint density at radius 1 is 1.47 bits per heavy atom. The molecule has 0 fully saturated rings. The molecule has 0 saturated heterocycles. The van der Waals surface area contributed by atoms with Gasteiger partial charge in [-0.2, -0.15) is 18.4 Å². The number of nitriles is 1. The average molecular weight is 264 g/mol. The molecule has 0 aliphatic heterocycles. The fraction of sp³-hybridized carbons (Fsp3) is 0.200. The third-order valence-corrected chi connectivity index (χ3v) is 2.18. The van der Waals surface area contributed by atoms with Crippen molar-refractivity contribution in [3.8, 4) is 11.8 Å². The SMILES string of the molecule is COc1cc(C(=O)Cl)c(C#N)c(C(F)(F)F)c1. The Morgan fingerprint density at radius 3 is 2.41 bits per heavy atom. The highest BCUT2D eigenvalue weighted by Gasteiger charge is 2.36. The summed E-state index contributed by atoms with van der Waals surface area (Å²) in [6, 6.07) is 2.95. The second kappa shape index (κ2) is 4.63. The lowest BCUT2D eigenvalue weighted by atomic mass is 10.0. The summed E-state index contributed by atoms with van der Waals surface area (Å²) in [5.74, 6) is -0.194. The molecule has 0 heterocycles. The van der Waals surface area contributed by atoms with Crippen LogP contribution in [0.4, 0.5) is 13.2 Å². The van der Waals surface area contributed by atoms with Crippen LogP contribution < -0.4 is 4.74 Å². The molecule has 17 heavy (non-hydrogen) atoms. The molecule has 0 spiro atoms. The van der Waals surface area contributed by atoms with Crippen molar-refractivity contribution in [1.29, 1.82) is 5.26 Å². The van der Waals surface area contributed by atoms with Crippen molar-refractivity contribution in [2.45, 2.75) is 6.18 Å². The van der Waals surface area contributed by atoms with Gasteiger partial charge >= 0.3 is 6.18 Å². The summed E-state index contributed by atoms with van der Waals surface area (Å²) >= 11 is 5.13. The quantitative estimate of drug-likeness (QED) is 0.771. The molecule has 0 N–H and O–H groups in total. The van der Waals surface area contributed by atoms with E-state index in [-0.39, 0.29) is 5.75 Å². The molecule has 1 aromatic rings. The Balaban J connectivity index is 3.64. The number of hydrogen-bond acceptors (Lipinski definition) is 3. The lowest BCUT2D eigenvalue weighted by molar-refractivity contribution is -0.137. The first-order valence-corrected chi connectivity index (χ1v) is 4.58. The van der Waals surface area contributed by atoms with Crippen molar-refractivity contribution in [2.24, 2.45) is 0 Å². The predicted octanol–water partition coefficient (Wildman–Crippen LogP) is 2.96. The maximum Gasteiger partial charge on any atom is 0.417 e. The minimum Gasteiger partial charge on any atom is -0.497 e. The number of rotatable bonds is 2. The van der Waals surface area contributed by atoms with Crippen LogP contribution in [0.3, 0.4) is 0 Å². The second-order valence-corrected chi connectivity index (χ2v) is 3.32. The number of hydrogen-bond donors (Lipinski definition) is 0. The molecule has 1 rings (SSSR count). The molecule has 0 amide bonds. The third kappa shape index (κ3) is 2.68. The van der Waals surface area contributed by atoms with Gasteiger partial charge in [0.05, 0.1) is 23.8 Å². The molecule has 7 heteroatoms. The molecule has 90 valence electrons. The van der Waals surface area contributed by atoms with Gasteiger partial charge in [-0.25, -0.2) is 0 Å². The van der Waals surface area contributed by atoms with Crippen LogP contribution in [-0.4, -0.2) is 12.4 Å². The van der Waals surface area contributed by atoms with E-state index in [1.165, 1.54) is 6.07 Å². The zero-order valence-corrected chi connectivity index (χ0v) is 9.19. The zero-order valence-electron chi connectivity index (χ0n) is 8.43. The Bertz CT molecular complexity index is 505. The van der Waals surface area contributed by atoms with Crippen LogP contribution in [0.1, 0.15) is 21.5 Å². The van der Waals surface area contributed by atoms with Crippen LogP contribution in [-0.2, 0) is 6.18 Å². The second-order valence-electron chi connectivity index (χ2n) is 2.98. The van der Waals surface area contributed by atoms with Gasteiger partial charge in [0, 0.05) is 0 Å². The van der Waals surface area contributed by atoms with Gasteiger partial charge in [0.15, 0.2) is 0 Å². The Hall–Kier alpha value is -1.74. The summed E-state index contributed by atoms with van der Waals surface area (Å²) in [5.41, 5.74) is -2.58. The van der Waals surface area contributed by atoms with E-state index >= 15 is 0 Å². The lowest BCUT2D eigenvalue weighted by Gasteiger charge is -2.12. The molecule has 0 aliphatic rings. The number of methoxy groups -OCH3 is 1. The van der Waals surface area contributed by atoms with Gasteiger partial charge in [-0.3, -0.25) is 4.79 Å². The molecule has 0 radical (unpaired) electrons. The van der Waals surface area contributed by atoms with Crippen LogP contribution in [0.2, 0.25) is 0 Å². The van der Waals surface area contributed by atoms with Crippen LogP contribution in [0.15, 0.2) is 12.1 Å². The van der Waals surface area contributed by atoms with Gasteiger partial charge in [0.2, 0.25) is 0 Å². The number of nitrogens with zero attached hydrogens (tertiary/aromatic N) is 1. The Morgan fingerprint density at radius 2 is 2.06 bits per heavy atom. The molecule has 0 unspecified atom stereocenters. The van der Waals surface area contributed by atoms with Crippen LogP contribution in [0.5, 0.6) is 5.75 Å². The zero-order chi connectivity index (χ0) is 13.2. The maximum absolute atomic E-state index is 12.6. The summed E-state index contributed by atoms with van der Waals surface area (Å²) in [5, 5.41) is 7.53. The minimum absolute atomic E-state index is 0.194. The number of benzene rings is 1. The monoisotopic (exact) mass is 263 g/mol. The maximum atomic E-state index is 12.6. The highest BCUT2D eigenvalue weighted by molar-refractivity contribution is 6.68. The first-order valence-electron chi connectivity index (χ1n) is 4.20. The largest absolute Gasteiger partial charge is 0.497 e. The van der Waals surface area contributed by atoms with E-state index in [1.54, 1.807) is 0 Å². The first-order chi connectivity index (χ1) is 7.81. The van der Waals surface area contributed by atoms with Gasteiger partial charge in [0.25, 0.3) is 5.24 Å². The molecule has 0 atom stereocenters. The van der Waals surface area contributed by atoms with E-state index < -0.39 is 28.1 Å². The van der Waals surface area contributed by atoms with Crippen molar-refractivity contribution in [2.75, 3.05) is 7.11 Å². The van der Waals surface area contributed by atoms with E-state index in [0.717, 1.165) is 13.2 Å². The molecule has 0 saturated carbocycles. The summed E-state index contributed by atoms with van der Waals surface area (Å²) in [6.07, 6.45) is -4.76. The fourth-order valence-electron chi connectivity index (χ4n) is 1.23. The molecule has 1 aromatic carbocycles. The van der Waals surface area contributed by atoms with Crippen molar-refractivity contribution < 1.29 is 22.7 Å². The van der Waals surface area contributed by atoms with Crippen LogP contribution >= 0.6 is 11.6 Å². The van der Waals surface area contributed by atoms with Crippen molar-refractivity contribution in [1.82, 2.24) is 0 Å². The van der Waals surface area contributed by atoms with Crippen LogP contribution in [0.25, 0.3) is 0 Å². The molecule has 0 aliphatic carbocycles. The van der Waals surface area contributed by atoms with E-state index in [4.69, 9.17) is 16.9 Å². The van der Waals surface area contributed by atoms with Gasteiger partial charge < -0.3 is 4.74 Å². The summed E-state index contributed by atoms with van der Waals surface area (Å²) < 4.78 is 42.5. The third-order valence-electron chi connectivity index (χ3n) is 1.98. The molecule has 0 bridgehead atoms. The topological polar surface area (TPSA) is 50.1 Å². The van der Waals surface area contributed by atoms with Gasteiger partial charge in [-0.05, 0) is 23.7 Å². The molecular formula is C10H5ClF3NO2. The fourth-order valence-corrected chi connectivity index (χ4v) is 1.38. The van der Waals surface area contributed by atoms with E-state index in [9.17, 15) is 18.0 Å². The van der Waals surface area contributed by atoms with Gasteiger partial charge in [-0.1, -0.05) is 0 Å². The summed E-state index contributed by atoms with van der Waals surface area (Å²) in [6.45, 7) is 0. The van der Waals surface area contributed by atoms with Crippen LogP contribution in [0, 0.1) is 11.3 Å². The number of carbonyl (C=O) groups excluding carboxylic acids is 1. The van der Waals surface area contributed by atoms with E-state index in [0.29, 0.717) is 6.07 Å². The molecule has 3 nitrogen and oxygen atoms in total. The number of halogens is 4. The highest BCUT2D eigenvalue weighted by atomic mass is 35.5. The normalized spacial score (nSPS) is 10.8. The Labute approximate surface area is 99.4 Å². The average Bonchev–Trinajstić information content (AvgIpc) is 2.25. The molecular weight excluding hydrogens is 259 g/mol. The smallest absolute Gasteiger partial charge is 0.417 e. The van der Waals surface area contributed by atoms with Gasteiger partial charge in [0.1, 0.15) is 11.8 Å².